The van der Waals surface area contributed by atoms with Crippen LogP contribution >= 0.6 is 15.9 Å². The summed E-state index contributed by atoms with van der Waals surface area (Å²) in [7, 11) is 0. The number of hydrogen-bond acceptors (Lipinski definition) is 0. The van der Waals surface area contributed by atoms with Gasteiger partial charge in [0.2, 0.25) is 0 Å². The highest BCUT2D eigenvalue weighted by Crippen LogP contribution is 2.21. The Morgan fingerprint density at radius 1 is 1.29 bits per heavy atom. The molecule has 0 spiro atoms. The van der Waals surface area contributed by atoms with Crippen LogP contribution in [-0.2, 0) is 0 Å². The van der Waals surface area contributed by atoms with E-state index in [0.29, 0.717) is 0 Å². The monoisotopic (exact) mass is 260 g/mol. The van der Waals surface area contributed by atoms with Crippen molar-refractivity contribution in [3.05, 3.63) is 40.4 Å². The zero-order chi connectivity index (χ0) is 10.6. The molecule has 0 saturated heterocycles. The Labute approximate surface area is 90.8 Å². The van der Waals surface area contributed by atoms with Crippen LogP contribution in [0.25, 0.3) is 6.08 Å². The summed E-state index contributed by atoms with van der Waals surface area (Å²) in [6.45, 7) is 1.46. The lowest BCUT2D eigenvalue weighted by Crippen LogP contribution is -2.08. The van der Waals surface area contributed by atoms with Gasteiger partial charge in [0, 0.05) is 10.9 Å². The van der Waals surface area contributed by atoms with Crippen molar-refractivity contribution in [1.82, 2.24) is 0 Å². The smallest absolute Gasteiger partial charge is 0.202 e. The molecule has 76 valence electrons. The van der Waals surface area contributed by atoms with E-state index in [0.717, 1.165) is 16.1 Å². The largest absolute Gasteiger partial charge is 0.266 e. The normalized spacial score (nSPS) is 12.3. The Bertz CT molecular complexity index is 315. The van der Waals surface area contributed by atoms with Gasteiger partial charge in [-0.3, -0.25) is 0 Å². The fourth-order valence-corrected chi connectivity index (χ4v) is 1.17. The highest BCUT2D eigenvalue weighted by molar-refractivity contribution is 9.10. The molecule has 0 aromatic heterocycles. The van der Waals surface area contributed by atoms with Gasteiger partial charge in [-0.05, 0) is 23.8 Å². The molecule has 0 aliphatic rings. The quantitative estimate of drug-likeness (QED) is 0.751. The predicted octanol–water partition coefficient (Wildman–Crippen LogP) is 4.51. The molecule has 0 saturated carbocycles. The number of allylic oxidation sites excluding steroid dienone is 1. The Morgan fingerprint density at radius 2 is 1.86 bits per heavy atom. The fourth-order valence-electron chi connectivity index (χ4n) is 0.910. The van der Waals surface area contributed by atoms with Crippen LogP contribution in [0.2, 0.25) is 0 Å². The minimum atomic E-state index is -2.70. The number of hydrogen-bond donors (Lipinski definition) is 0. The molecule has 0 aliphatic carbocycles. The number of benzene rings is 1. The van der Waals surface area contributed by atoms with E-state index in [4.69, 9.17) is 0 Å². The molecule has 0 heterocycles. The predicted molar refractivity (Wildman–Crippen MR) is 58.4 cm³/mol. The Kier molecular flexibility index (Phi) is 3.81. The molecule has 1 aromatic rings. The van der Waals surface area contributed by atoms with E-state index >= 15 is 0 Å². The van der Waals surface area contributed by atoms with Crippen molar-refractivity contribution in [2.24, 2.45) is 0 Å². The van der Waals surface area contributed by atoms with Gasteiger partial charge in [0.1, 0.15) is 0 Å². The second-order valence-electron chi connectivity index (χ2n) is 3.00. The van der Waals surface area contributed by atoms with Gasteiger partial charge >= 0.3 is 0 Å². The van der Waals surface area contributed by atoms with Crippen molar-refractivity contribution in [3.8, 4) is 0 Å². The topological polar surface area (TPSA) is 0 Å². The lowest BCUT2D eigenvalue weighted by atomic mass is 10.1. The van der Waals surface area contributed by atoms with E-state index in [-0.39, 0.29) is 6.42 Å². The number of halogens is 3. The molecule has 1 rings (SSSR count). The summed E-state index contributed by atoms with van der Waals surface area (Å²) in [5.74, 6) is -2.70. The highest BCUT2D eigenvalue weighted by Gasteiger charge is 2.20. The van der Waals surface area contributed by atoms with E-state index in [1.807, 2.05) is 12.1 Å². The van der Waals surface area contributed by atoms with Gasteiger partial charge in [0.05, 0.1) is 0 Å². The molecule has 0 bridgehead atoms. The maximum atomic E-state index is 12.8. The molecule has 0 radical (unpaired) electrons. The maximum absolute atomic E-state index is 12.8. The maximum Gasteiger partial charge on any atom is 0.266 e. The number of rotatable bonds is 3. The first kappa shape index (κ1) is 11.4. The van der Waals surface area contributed by atoms with Crippen molar-refractivity contribution in [2.45, 2.75) is 19.3 Å². The van der Waals surface area contributed by atoms with E-state index in [2.05, 4.69) is 15.9 Å². The number of alkyl halides is 2. The first-order valence-corrected chi connectivity index (χ1v) is 5.15. The Hall–Kier alpha value is -0.700. The molecule has 14 heavy (non-hydrogen) atoms. The van der Waals surface area contributed by atoms with E-state index in [9.17, 15) is 8.78 Å². The van der Waals surface area contributed by atoms with Gasteiger partial charge in [-0.1, -0.05) is 41.1 Å². The third kappa shape index (κ3) is 3.58. The molecule has 0 amide bonds. The fraction of sp³-hybridized carbons (Fsp3) is 0.273. The zero-order valence-electron chi connectivity index (χ0n) is 7.81. The lowest BCUT2D eigenvalue weighted by Gasteiger charge is -2.06. The van der Waals surface area contributed by atoms with Crippen LogP contribution in [0.5, 0.6) is 0 Å². The average Bonchev–Trinajstić information content (AvgIpc) is 2.17. The molecule has 0 aliphatic heterocycles. The van der Waals surface area contributed by atoms with Crippen LogP contribution < -0.4 is 0 Å². The first-order valence-electron chi connectivity index (χ1n) is 4.36. The van der Waals surface area contributed by atoms with E-state index in [1.54, 1.807) is 12.1 Å². The Balaban J connectivity index is 2.74. The van der Waals surface area contributed by atoms with Crippen LogP contribution in [0, 0.1) is 0 Å². The Morgan fingerprint density at radius 3 is 2.36 bits per heavy atom. The van der Waals surface area contributed by atoms with E-state index < -0.39 is 5.92 Å². The van der Waals surface area contributed by atoms with Crippen LogP contribution in [0.3, 0.4) is 0 Å². The molecule has 1 aromatic carbocycles. The summed E-state index contributed by atoms with van der Waals surface area (Å²) in [6.07, 6.45) is 2.21. The first-order chi connectivity index (χ1) is 6.53. The lowest BCUT2D eigenvalue weighted by molar-refractivity contribution is 0.0520. The summed E-state index contributed by atoms with van der Waals surface area (Å²) in [5, 5.41) is 0. The summed E-state index contributed by atoms with van der Waals surface area (Å²) in [4.78, 5) is 0. The second kappa shape index (κ2) is 4.69. The molecule has 0 fully saturated rings. The van der Waals surface area contributed by atoms with Gasteiger partial charge in [0.15, 0.2) is 0 Å². The molecule has 0 atom stereocenters. The highest BCUT2D eigenvalue weighted by atomic mass is 79.9. The van der Waals surface area contributed by atoms with Crippen LogP contribution in [0.1, 0.15) is 18.9 Å². The van der Waals surface area contributed by atoms with Crippen molar-refractivity contribution < 1.29 is 8.78 Å². The summed E-state index contributed by atoms with van der Waals surface area (Å²) in [5.41, 5.74) is 0.779. The van der Waals surface area contributed by atoms with Crippen molar-refractivity contribution in [1.29, 1.82) is 0 Å². The van der Waals surface area contributed by atoms with Gasteiger partial charge in [-0.2, -0.15) is 0 Å². The molecule has 0 N–H and O–H groups in total. The summed E-state index contributed by atoms with van der Waals surface area (Å²) in [6, 6.07) is 7.21. The van der Waals surface area contributed by atoms with Gasteiger partial charge < -0.3 is 0 Å². The molecule has 3 heteroatoms. The minimum absolute atomic E-state index is 0.167. The molecule has 0 nitrogen and oxygen atoms in total. The average molecular weight is 261 g/mol. The van der Waals surface area contributed by atoms with Crippen molar-refractivity contribution >= 4 is 22.0 Å². The summed E-state index contributed by atoms with van der Waals surface area (Å²) < 4.78 is 26.6. The third-order valence-corrected chi connectivity index (χ3v) is 2.39. The third-order valence-electron chi connectivity index (χ3n) is 1.86. The standard InChI is InChI=1S/C11H11BrF2/c1-2-11(13,14)8-7-9-3-5-10(12)6-4-9/h3-8H,2H2,1H3/b8-7+. The minimum Gasteiger partial charge on any atom is -0.202 e. The van der Waals surface area contributed by atoms with Crippen molar-refractivity contribution in [3.63, 3.8) is 0 Å². The van der Waals surface area contributed by atoms with E-state index in [1.165, 1.54) is 13.0 Å². The molecular formula is C11H11BrF2. The van der Waals surface area contributed by atoms with Crippen LogP contribution in [0.4, 0.5) is 8.78 Å². The van der Waals surface area contributed by atoms with Crippen molar-refractivity contribution in [2.75, 3.05) is 0 Å². The zero-order valence-corrected chi connectivity index (χ0v) is 9.39. The van der Waals surface area contributed by atoms with Crippen LogP contribution in [-0.4, -0.2) is 5.92 Å². The van der Waals surface area contributed by atoms with Gasteiger partial charge in [0.25, 0.3) is 5.92 Å². The van der Waals surface area contributed by atoms with Crippen LogP contribution in [0.15, 0.2) is 34.8 Å². The molecule has 0 unspecified atom stereocenters. The van der Waals surface area contributed by atoms with Gasteiger partial charge in [-0.25, -0.2) is 8.78 Å². The SMILES string of the molecule is CCC(F)(F)/C=C/c1ccc(Br)cc1. The summed E-state index contributed by atoms with van der Waals surface area (Å²) >= 11 is 3.28. The second-order valence-corrected chi connectivity index (χ2v) is 3.92. The van der Waals surface area contributed by atoms with Gasteiger partial charge in [-0.15, -0.1) is 0 Å². The molecular weight excluding hydrogens is 250 g/mol.